The number of phenolic OH excluding ortho intramolecular Hbond substituents is 2. The number of phenols is 2. The number of hydrogen-bond donors (Lipinski definition) is 2. The molecule has 4 rings (SSSR count). The highest BCUT2D eigenvalue weighted by Gasteiger charge is 2.56. The van der Waals surface area contributed by atoms with E-state index in [0.717, 1.165) is 12.8 Å². The van der Waals surface area contributed by atoms with Crippen molar-refractivity contribution in [1.82, 2.24) is 0 Å². The third kappa shape index (κ3) is 1.81. The molecule has 0 unspecified atom stereocenters. The van der Waals surface area contributed by atoms with Crippen LogP contribution in [0.5, 0.6) is 11.5 Å². The number of rotatable bonds is 0. The summed E-state index contributed by atoms with van der Waals surface area (Å²) in [6.07, 6.45) is 2.05. The highest BCUT2D eigenvalue weighted by Crippen LogP contribution is 2.63. The van der Waals surface area contributed by atoms with Gasteiger partial charge < -0.3 is 10.2 Å². The highest BCUT2D eigenvalue weighted by atomic mass is 16.3. The van der Waals surface area contributed by atoms with E-state index in [0.29, 0.717) is 11.5 Å². The highest BCUT2D eigenvalue weighted by molar-refractivity contribution is 5.61. The Morgan fingerprint density at radius 2 is 1.13 bits per heavy atom. The van der Waals surface area contributed by atoms with Crippen LogP contribution in [0, 0.1) is 0 Å². The van der Waals surface area contributed by atoms with Gasteiger partial charge in [0.05, 0.1) is 0 Å². The fourth-order valence-corrected chi connectivity index (χ4v) is 5.32. The molecule has 2 N–H and O–H groups in total. The molecule has 0 radical (unpaired) electrons. The Hall–Kier alpha value is -1.96. The summed E-state index contributed by atoms with van der Waals surface area (Å²) in [5.74, 6) is 0.674. The van der Waals surface area contributed by atoms with Crippen LogP contribution in [0.25, 0.3) is 0 Å². The van der Waals surface area contributed by atoms with Gasteiger partial charge in [-0.15, -0.1) is 0 Å². The average Bonchev–Trinajstić information content (AvgIpc) is 2.79. The second-order valence-electron chi connectivity index (χ2n) is 8.66. The molecule has 0 heterocycles. The van der Waals surface area contributed by atoms with Crippen LogP contribution in [0.15, 0.2) is 36.4 Å². The van der Waals surface area contributed by atoms with Gasteiger partial charge in [0.25, 0.3) is 0 Å². The number of hydrogen-bond acceptors (Lipinski definition) is 2. The maximum absolute atomic E-state index is 10.1. The molecular formula is C21H24O2. The van der Waals surface area contributed by atoms with Gasteiger partial charge in [0.2, 0.25) is 0 Å². The van der Waals surface area contributed by atoms with E-state index in [9.17, 15) is 10.2 Å². The second-order valence-corrected chi connectivity index (χ2v) is 8.66. The van der Waals surface area contributed by atoms with E-state index in [4.69, 9.17) is 0 Å². The Balaban J connectivity index is 2.04. The first-order chi connectivity index (χ1) is 10.7. The maximum atomic E-state index is 10.1. The number of fused-ring (bicyclic) bond motifs is 4. The van der Waals surface area contributed by atoms with Gasteiger partial charge in [-0.25, -0.2) is 0 Å². The molecule has 0 saturated heterocycles. The smallest absolute Gasteiger partial charge is 0.115 e. The maximum Gasteiger partial charge on any atom is 0.115 e. The first kappa shape index (κ1) is 14.6. The molecule has 2 heteroatoms. The quantitative estimate of drug-likeness (QED) is 0.737. The second kappa shape index (κ2) is 4.11. The normalized spacial score (nSPS) is 26.3. The average molecular weight is 308 g/mol. The van der Waals surface area contributed by atoms with E-state index in [-0.39, 0.29) is 16.2 Å². The van der Waals surface area contributed by atoms with Crippen LogP contribution in [0.2, 0.25) is 0 Å². The van der Waals surface area contributed by atoms with Gasteiger partial charge in [0.1, 0.15) is 11.5 Å². The lowest BCUT2D eigenvalue weighted by Crippen LogP contribution is -2.26. The van der Waals surface area contributed by atoms with Crippen molar-refractivity contribution in [1.29, 1.82) is 0 Å². The van der Waals surface area contributed by atoms with Crippen LogP contribution in [-0.4, -0.2) is 10.2 Å². The fraction of sp³-hybridized carbons (Fsp3) is 0.429. The standard InChI is InChI=1S/C21H24O2/c1-19(2)11-21(18-10-14(23)5-7-15(18)19)12-20(3,4)17-9-13(22)6-8-16(17)21/h5-10,22-23H,11-12H2,1-4H3/t21-/m1/s1. The first-order valence-electron chi connectivity index (χ1n) is 8.34. The minimum atomic E-state index is -0.0654. The molecule has 1 spiro atoms. The molecule has 0 saturated carbocycles. The molecule has 0 aromatic heterocycles. The van der Waals surface area contributed by atoms with Gasteiger partial charge >= 0.3 is 0 Å². The Morgan fingerprint density at radius 1 is 0.652 bits per heavy atom. The van der Waals surface area contributed by atoms with Crippen LogP contribution in [0.1, 0.15) is 62.8 Å². The SMILES string of the molecule is CC1(C)C[C@]2(CC(C)(C)c3ccc(O)cc32)c2ccc(O)cc21. The summed E-state index contributed by atoms with van der Waals surface area (Å²) < 4.78 is 0. The van der Waals surface area contributed by atoms with Gasteiger partial charge in [-0.2, -0.15) is 0 Å². The van der Waals surface area contributed by atoms with E-state index < -0.39 is 0 Å². The summed E-state index contributed by atoms with van der Waals surface area (Å²) in [6.45, 7) is 9.10. The van der Waals surface area contributed by atoms with E-state index in [2.05, 4.69) is 39.8 Å². The topological polar surface area (TPSA) is 40.5 Å². The molecule has 2 aromatic carbocycles. The Morgan fingerprint density at radius 3 is 1.74 bits per heavy atom. The molecular weight excluding hydrogens is 284 g/mol. The van der Waals surface area contributed by atoms with E-state index in [1.54, 1.807) is 12.1 Å². The molecule has 0 amide bonds. The lowest BCUT2D eigenvalue weighted by molar-refractivity contribution is 0.349. The predicted octanol–water partition coefficient (Wildman–Crippen LogP) is 4.75. The minimum Gasteiger partial charge on any atom is -0.508 e. The monoisotopic (exact) mass is 308 g/mol. The van der Waals surface area contributed by atoms with Gasteiger partial charge in [0, 0.05) is 5.41 Å². The minimum absolute atomic E-state index is 0.0111. The van der Waals surface area contributed by atoms with Gasteiger partial charge in [-0.05, 0) is 70.2 Å². The summed E-state index contributed by atoms with van der Waals surface area (Å²) >= 11 is 0. The zero-order chi connectivity index (χ0) is 16.6. The third-order valence-corrected chi connectivity index (χ3v) is 5.98. The van der Waals surface area contributed by atoms with Crippen molar-refractivity contribution in [3.05, 3.63) is 58.7 Å². The zero-order valence-electron chi connectivity index (χ0n) is 14.3. The summed E-state index contributed by atoms with van der Waals surface area (Å²) in [5.41, 5.74) is 5.19. The van der Waals surface area contributed by atoms with Crippen LogP contribution < -0.4 is 0 Å². The van der Waals surface area contributed by atoms with Crippen molar-refractivity contribution < 1.29 is 10.2 Å². The molecule has 2 aliphatic carbocycles. The van der Waals surface area contributed by atoms with E-state index >= 15 is 0 Å². The zero-order valence-corrected chi connectivity index (χ0v) is 14.3. The molecule has 2 aromatic rings. The number of aromatic hydroxyl groups is 2. The Bertz CT molecular complexity index is 817. The lowest BCUT2D eigenvalue weighted by Gasteiger charge is -2.30. The van der Waals surface area contributed by atoms with Crippen molar-refractivity contribution in [3.63, 3.8) is 0 Å². The van der Waals surface area contributed by atoms with Gasteiger partial charge in [-0.3, -0.25) is 0 Å². The fourth-order valence-electron chi connectivity index (χ4n) is 5.32. The summed E-state index contributed by atoms with van der Waals surface area (Å²) in [6, 6.07) is 11.7. The molecule has 23 heavy (non-hydrogen) atoms. The number of benzene rings is 2. The molecule has 2 aliphatic rings. The largest absolute Gasteiger partial charge is 0.508 e. The molecule has 0 bridgehead atoms. The van der Waals surface area contributed by atoms with Crippen molar-refractivity contribution in [3.8, 4) is 11.5 Å². The molecule has 0 fully saturated rings. The van der Waals surface area contributed by atoms with Crippen LogP contribution in [-0.2, 0) is 16.2 Å². The summed E-state index contributed by atoms with van der Waals surface area (Å²) in [5, 5.41) is 20.1. The van der Waals surface area contributed by atoms with Gasteiger partial charge in [-0.1, -0.05) is 39.8 Å². The van der Waals surface area contributed by atoms with Crippen LogP contribution >= 0.6 is 0 Å². The van der Waals surface area contributed by atoms with Crippen molar-refractivity contribution in [2.24, 2.45) is 0 Å². The molecule has 120 valence electrons. The Labute approximate surface area is 137 Å². The Kier molecular flexibility index (Phi) is 2.61. The van der Waals surface area contributed by atoms with Crippen molar-refractivity contribution in [2.45, 2.75) is 56.8 Å². The third-order valence-electron chi connectivity index (χ3n) is 5.98. The molecule has 1 atom stereocenters. The predicted molar refractivity (Wildman–Crippen MR) is 92.3 cm³/mol. The van der Waals surface area contributed by atoms with E-state index in [1.165, 1.54) is 22.3 Å². The summed E-state index contributed by atoms with van der Waals surface area (Å²) in [4.78, 5) is 0. The van der Waals surface area contributed by atoms with Crippen molar-refractivity contribution >= 4 is 0 Å². The van der Waals surface area contributed by atoms with Crippen LogP contribution in [0.3, 0.4) is 0 Å². The first-order valence-corrected chi connectivity index (χ1v) is 8.34. The summed E-state index contributed by atoms with van der Waals surface area (Å²) in [7, 11) is 0. The molecule has 2 nitrogen and oxygen atoms in total. The van der Waals surface area contributed by atoms with Crippen LogP contribution in [0.4, 0.5) is 0 Å². The van der Waals surface area contributed by atoms with Gasteiger partial charge in [0.15, 0.2) is 0 Å². The molecule has 0 aliphatic heterocycles. The lowest BCUT2D eigenvalue weighted by atomic mass is 9.72. The van der Waals surface area contributed by atoms with Crippen molar-refractivity contribution in [2.75, 3.05) is 0 Å². The van der Waals surface area contributed by atoms with E-state index in [1.807, 2.05) is 12.1 Å².